The van der Waals surface area contributed by atoms with Crippen LogP contribution >= 0.6 is 22.9 Å². The number of aromatic nitrogens is 1. The van der Waals surface area contributed by atoms with Crippen molar-refractivity contribution >= 4 is 49.1 Å². The summed E-state index contributed by atoms with van der Waals surface area (Å²) in [6.07, 6.45) is 3.66. The Labute approximate surface area is 197 Å². The van der Waals surface area contributed by atoms with Crippen molar-refractivity contribution < 1.29 is 13.2 Å². The fourth-order valence-electron chi connectivity index (χ4n) is 4.09. The van der Waals surface area contributed by atoms with Crippen molar-refractivity contribution in [3.05, 3.63) is 57.9 Å². The summed E-state index contributed by atoms with van der Waals surface area (Å²) in [6, 6.07) is 11.7. The van der Waals surface area contributed by atoms with Gasteiger partial charge in [-0.1, -0.05) is 42.3 Å². The average Bonchev–Trinajstić information content (AvgIpc) is 3.12. The summed E-state index contributed by atoms with van der Waals surface area (Å²) in [5.41, 5.74) is 1.23. The first-order valence-electron chi connectivity index (χ1n) is 10.8. The van der Waals surface area contributed by atoms with Gasteiger partial charge in [0.1, 0.15) is 0 Å². The Morgan fingerprint density at radius 3 is 2.62 bits per heavy atom. The lowest BCUT2D eigenvalue weighted by Gasteiger charge is -2.32. The number of hydrogen-bond acceptors (Lipinski definition) is 4. The van der Waals surface area contributed by atoms with Crippen LogP contribution in [0.2, 0.25) is 5.02 Å². The molecule has 170 valence electrons. The molecule has 0 radical (unpaired) electrons. The molecule has 0 N–H and O–H groups in total. The number of sulfonamides is 1. The second-order valence-corrected chi connectivity index (χ2v) is 11.3. The zero-order valence-electron chi connectivity index (χ0n) is 18.1. The fourth-order valence-corrected chi connectivity index (χ4v) is 7.20. The van der Waals surface area contributed by atoms with Crippen LogP contribution in [0.4, 0.5) is 0 Å². The number of hydrogen-bond donors (Lipinski definition) is 0. The molecule has 4 rings (SSSR count). The third-order valence-electron chi connectivity index (χ3n) is 5.75. The SMILES string of the molecule is CCCn1c(=NC(=O)c2ccc(S(=O)(=O)N3CCCCC3C)cc2)sc2cccc(Cl)c21. The maximum absolute atomic E-state index is 13.0. The second-order valence-electron chi connectivity index (χ2n) is 8.02. The van der Waals surface area contributed by atoms with Gasteiger partial charge in [-0.2, -0.15) is 9.30 Å². The number of para-hydroxylation sites is 1. The Kier molecular flexibility index (Phi) is 6.86. The Balaban J connectivity index is 1.66. The molecule has 1 saturated heterocycles. The predicted octanol–water partition coefficient (Wildman–Crippen LogP) is 5.07. The molecule has 2 aromatic carbocycles. The van der Waals surface area contributed by atoms with Gasteiger partial charge in [0.05, 0.1) is 20.1 Å². The van der Waals surface area contributed by atoms with E-state index in [0.29, 0.717) is 28.5 Å². The molecular weight excluding hydrogens is 466 g/mol. The lowest BCUT2D eigenvalue weighted by atomic mass is 10.1. The minimum absolute atomic E-state index is 0.0149. The average molecular weight is 492 g/mol. The Morgan fingerprint density at radius 1 is 1.19 bits per heavy atom. The molecule has 6 nitrogen and oxygen atoms in total. The van der Waals surface area contributed by atoms with E-state index >= 15 is 0 Å². The number of thiazole rings is 1. The highest BCUT2D eigenvalue weighted by Gasteiger charge is 2.30. The van der Waals surface area contributed by atoms with Crippen LogP contribution in [-0.2, 0) is 16.6 Å². The zero-order valence-corrected chi connectivity index (χ0v) is 20.5. The number of aryl methyl sites for hydroxylation is 1. The molecule has 1 unspecified atom stereocenters. The van der Waals surface area contributed by atoms with Crippen LogP contribution in [-0.4, -0.2) is 35.8 Å². The molecule has 1 aliphatic rings. The van der Waals surface area contributed by atoms with E-state index in [0.717, 1.165) is 35.9 Å². The minimum Gasteiger partial charge on any atom is -0.315 e. The maximum Gasteiger partial charge on any atom is 0.279 e. The molecule has 9 heteroatoms. The van der Waals surface area contributed by atoms with Gasteiger partial charge in [-0.3, -0.25) is 4.79 Å². The molecule has 2 heterocycles. The van der Waals surface area contributed by atoms with Crippen LogP contribution in [0, 0.1) is 0 Å². The van der Waals surface area contributed by atoms with Crippen molar-refractivity contribution in [3.63, 3.8) is 0 Å². The number of fused-ring (bicyclic) bond motifs is 1. The van der Waals surface area contributed by atoms with Gasteiger partial charge >= 0.3 is 0 Å². The van der Waals surface area contributed by atoms with Gasteiger partial charge in [-0.25, -0.2) is 8.42 Å². The molecule has 0 saturated carbocycles. The number of rotatable bonds is 5. The molecule has 32 heavy (non-hydrogen) atoms. The van der Waals surface area contributed by atoms with Gasteiger partial charge in [-0.05, 0) is 62.6 Å². The number of piperidine rings is 1. The van der Waals surface area contributed by atoms with Crippen molar-refractivity contribution in [2.24, 2.45) is 4.99 Å². The highest BCUT2D eigenvalue weighted by atomic mass is 35.5. The summed E-state index contributed by atoms with van der Waals surface area (Å²) in [5.74, 6) is -0.409. The van der Waals surface area contributed by atoms with Gasteiger partial charge < -0.3 is 4.57 Å². The van der Waals surface area contributed by atoms with E-state index in [4.69, 9.17) is 11.6 Å². The fraction of sp³-hybridized carbons (Fsp3) is 0.391. The number of carbonyl (C=O) groups is 1. The molecule has 1 atom stereocenters. The first-order valence-corrected chi connectivity index (χ1v) is 13.4. The van der Waals surface area contributed by atoms with Crippen LogP contribution in [0.1, 0.15) is 49.9 Å². The summed E-state index contributed by atoms with van der Waals surface area (Å²) < 4.78 is 30.5. The molecular formula is C23H26ClN3O3S2. The molecule has 1 aliphatic heterocycles. The van der Waals surface area contributed by atoms with E-state index < -0.39 is 15.9 Å². The van der Waals surface area contributed by atoms with E-state index in [9.17, 15) is 13.2 Å². The molecule has 0 aliphatic carbocycles. The maximum atomic E-state index is 13.0. The summed E-state index contributed by atoms with van der Waals surface area (Å²) in [5, 5.41) is 0.627. The third kappa shape index (κ3) is 4.41. The number of benzene rings is 2. The van der Waals surface area contributed by atoms with Crippen LogP contribution < -0.4 is 4.80 Å². The van der Waals surface area contributed by atoms with Gasteiger partial charge in [0.2, 0.25) is 10.0 Å². The van der Waals surface area contributed by atoms with E-state index in [2.05, 4.69) is 11.9 Å². The molecule has 0 bridgehead atoms. The van der Waals surface area contributed by atoms with E-state index in [-0.39, 0.29) is 10.9 Å². The Bertz CT molecular complexity index is 1310. The largest absolute Gasteiger partial charge is 0.315 e. The number of amides is 1. The predicted molar refractivity (Wildman–Crippen MR) is 129 cm³/mol. The number of carbonyl (C=O) groups excluding carboxylic acids is 1. The van der Waals surface area contributed by atoms with Crippen LogP contribution in [0.5, 0.6) is 0 Å². The van der Waals surface area contributed by atoms with Gasteiger partial charge in [0.15, 0.2) is 4.80 Å². The van der Waals surface area contributed by atoms with Gasteiger partial charge in [-0.15, -0.1) is 0 Å². The summed E-state index contributed by atoms with van der Waals surface area (Å²) in [4.78, 5) is 18.0. The zero-order chi connectivity index (χ0) is 22.9. The van der Waals surface area contributed by atoms with E-state index in [1.54, 1.807) is 4.31 Å². The van der Waals surface area contributed by atoms with Crippen molar-refractivity contribution in [2.45, 2.75) is 57.0 Å². The minimum atomic E-state index is -3.57. The molecule has 1 amide bonds. The smallest absolute Gasteiger partial charge is 0.279 e. The van der Waals surface area contributed by atoms with Crippen molar-refractivity contribution in [1.29, 1.82) is 0 Å². The highest BCUT2D eigenvalue weighted by molar-refractivity contribution is 7.89. The second kappa shape index (κ2) is 9.47. The lowest BCUT2D eigenvalue weighted by Crippen LogP contribution is -2.41. The van der Waals surface area contributed by atoms with Crippen molar-refractivity contribution in [3.8, 4) is 0 Å². The summed E-state index contributed by atoms with van der Waals surface area (Å²) in [7, 11) is -3.57. The molecule has 3 aromatic rings. The normalized spacial score (nSPS) is 18.3. The first-order chi connectivity index (χ1) is 15.3. The summed E-state index contributed by atoms with van der Waals surface area (Å²) >= 11 is 7.81. The van der Waals surface area contributed by atoms with Crippen LogP contribution in [0.15, 0.2) is 52.4 Å². The molecule has 1 fully saturated rings. The first kappa shape index (κ1) is 23.2. The van der Waals surface area contributed by atoms with Crippen LogP contribution in [0.25, 0.3) is 10.2 Å². The Morgan fingerprint density at radius 2 is 1.94 bits per heavy atom. The number of halogens is 1. The highest BCUT2D eigenvalue weighted by Crippen LogP contribution is 2.27. The monoisotopic (exact) mass is 491 g/mol. The van der Waals surface area contributed by atoms with E-state index in [1.165, 1.54) is 35.6 Å². The number of nitrogens with zero attached hydrogens (tertiary/aromatic N) is 3. The molecule has 0 spiro atoms. The quantitative estimate of drug-likeness (QED) is 0.500. The lowest BCUT2D eigenvalue weighted by molar-refractivity contribution is 0.0997. The van der Waals surface area contributed by atoms with E-state index in [1.807, 2.05) is 29.7 Å². The van der Waals surface area contributed by atoms with Gasteiger partial charge in [0, 0.05) is 24.7 Å². The topological polar surface area (TPSA) is 71.7 Å². The van der Waals surface area contributed by atoms with Crippen molar-refractivity contribution in [1.82, 2.24) is 8.87 Å². The van der Waals surface area contributed by atoms with Crippen LogP contribution in [0.3, 0.4) is 0 Å². The van der Waals surface area contributed by atoms with Gasteiger partial charge in [0.25, 0.3) is 5.91 Å². The third-order valence-corrected chi connectivity index (χ3v) is 9.12. The molecule has 1 aromatic heterocycles. The Hall–Kier alpha value is -2.00. The summed E-state index contributed by atoms with van der Waals surface area (Å²) in [6.45, 7) is 5.23. The van der Waals surface area contributed by atoms with Crippen molar-refractivity contribution in [2.75, 3.05) is 6.54 Å². The standard InChI is InChI=1S/C23H26ClN3O3S2/c1-3-14-26-21-19(24)8-6-9-20(21)31-23(26)25-22(28)17-10-12-18(13-11-17)32(29,30)27-15-5-4-7-16(27)2/h6,8-13,16H,3-5,7,14-15H2,1-2H3.